The van der Waals surface area contributed by atoms with Gasteiger partial charge in [0.2, 0.25) is 0 Å². The zero-order valence-corrected chi connectivity index (χ0v) is 17.3. The molecule has 0 unspecified atom stereocenters. The van der Waals surface area contributed by atoms with Gasteiger partial charge in [0.15, 0.2) is 0 Å². The van der Waals surface area contributed by atoms with Crippen molar-refractivity contribution in [2.24, 2.45) is 0 Å². The van der Waals surface area contributed by atoms with Crippen LogP contribution in [0, 0.1) is 6.92 Å². The number of nitrogens with zero attached hydrogens (tertiary/aromatic N) is 1. The fourth-order valence-electron chi connectivity index (χ4n) is 3.47. The Labute approximate surface area is 173 Å². The summed E-state index contributed by atoms with van der Waals surface area (Å²) in [6.07, 6.45) is 0. The van der Waals surface area contributed by atoms with Crippen molar-refractivity contribution in [1.29, 1.82) is 0 Å². The highest BCUT2D eigenvalue weighted by atomic mass is 35.5. The number of nitrogens with one attached hydrogen (secondary N) is 1. The normalized spacial score (nSPS) is 11.4. The summed E-state index contributed by atoms with van der Waals surface area (Å²) in [4.78, 5) is 1.35. The fourth-order valence-corrected chi connectivity index (χ4v) is 4.62. The van der Waals surface area contributed by atoms with Gasteiger partial charge in [-0.25, -0.2) is 0 Å². The molecule has 0 atom stereocenters. The molecule has 1 N–H and O–H groups in total. The van der Waals surface area contributed by atoms with Crippen molar-refractivity contribution in [2.45, 2.75) is 26.6 Å². The minimum atomic E-state index is 0.663. The molecular weight excluding hydrogens is 395 g/mol. The van der Waals surface area contributed by atoms with E-state index in [1.807, 2.05) is 18.2 Å². The first-order chi connectivity index (χ1) is 13.1. The second-order valence-corrected chi connectivity index (χ2v) is 8.46. The Kier molecular flexibility index (Phi) is 5.55. The summed E-state index contributed by atoms with van der Waals surface area (Å²) in [5.74, 6) is 0. The molecule has 4 aromatic rings. The van der Waals surface area contributed by atoms with Crippen LogP contribution in [0.15, 0.2) is 60.0 Å². The average molecular weight is 415 g/mol. The Bertz CT molecular complexity index is 1070. The summed E-state index contributed by atoms with van der Waals surface area (Å²) in [7, 11) is 0. The average Bonchev–Trinajstić information content (AvgIpc) is 3.26. The first-order valence-electron chi connectivity index (χ1n) is 8.87. The Hall–Kier alpha value is -1.78. The number of aromatic nitrogens is 1. The van der Waals surface area contributed by atoms with Crippen LogP contribution in [-0.4, -0.2) is 4.57 Å². The summed E-state index contributed by atoms with van der Waals surface area (Å²) in [6.45, 7) is 4.64. The molecule has 0 aliphatic carbocycles. The van der Waals surface area contributed by atoms with Crippen molar-refractivity contribution < 1.29 is 0 Å². The van der Waals surface area contributed by atoms with Gasteiger partial charge in [0.05, 0.1) is 0 Å². The highest BCUT2D eigenvalue weighted by molar-refractivity contribution is 7.09. The predicted octanol–water partition coefficient (Wildman–Crippen LogP) is 6.66. The third-order valence-corrected chi connectivity index (χ3v) is 6.35. The van der Waals surface area contributed by atoms with Gasteiger partial charge < -0.3 is 9.88 Å². The van der Waals surface area contributed by atoms with Gasteiger partial charge >= 0.3 is 0 Å². The fraction of sp³-hybridized carbons (Fsp3) is 0.182. The Morgan fingerprint density at radius 1 is 1.00 bits per heavy atom. The molecule has 0 spiro atoms. The van der Waals surface area contributed by atoms with E-state index in [1.54, 1.807) is 11.3 Å². The molecule has 0 saturated carbocycles. The minimum Gasteiger partial charge on any atom is -0.340 e. The van der Waals surface area contributed by atoms with Crippen LogP contribution in [0.2, 0.25) is 10.0 Å². The standard InChI is InChI=1S/C22H20Cl2N2S/c1-15-20(13-25-12-18-5-4-10-27-18)19-6-2-3-7-22(19)26(15)14-16-8-9-17(23)11-21(16)24/h2-11,25H,12-14H2,1H3. The zero-order chi connectivity index (χ0) is 18.8. The van der Waals surface area contributed by atoms with E-state index in [9.17, 15) is 0 Å². The lowest BCUT2D eigenvalue weighted by atomic mass is 10.1. The molecule has 2 heterocycles. The van der Waals surface area contributed by atoms with Crippen LogP contribution in [0.1, 0.15) is 21.7 Å². The maximum absolute atomic E-state index is 6.42. The van der Waals surface area contributed by atoms with E-state index >= 15 is 0 Å². The minimum absolute atomic E-state index is 0.663. The van der Waals surface area contributed by atoms with Gasteiger partial charge in [-0.05, 0) is 47.7 Å². The molecule has 0 saturated heterocycles. The number of benzene rings is 2. The molecular formula is C22H20Cl2N2S. The third kappa shape index (κ3) is 3.92. The largest absolute Gasteiger partial charge is 0.340 e. The Morgan fingerprint density at radius 2 is 1.85 bits per heavy atom. The molecule has 0 fully saturated rings. The van der Waals surface area contributed by atoms with E-state index in [0.29, 0.717) is 10.0 Å². The number of para-hydroxylation sites is 1. The number of rotatable bonds is 6. The predicted molar refractivity (Wildman–Crippen MR) is 117 cm³/mol. The maximum Gasteiger partial charge on any atom is 0.0493 e. The van der Waals surface area contributed by atoms with Crippen LogP contribution in [-0.2, 0) is 19.6 Å². The third-order valence-electron chi connectivity index (χ3n) is 4.89. The van der Waals surface area contributed by atoms with E-state index in [-0.39, 0.29) is 0 Å². The number of hydrogen-bond donors (Lipinski definition) is 1. The van der Waals surface area contributed by atoms with Crippen LogP contribution >= 0.6 is 34.5 Å². The molecule has 0 bridgehead atoms. The van der Waals surface area contributed by atoms with Crippen LogP contribution in [0.3, 0.4) is 0 Å². The van der Waals surface area contributed by atoms with Crippen molar-refractivity contribution >= 4 is 45.4 Å². The molecule has 138 valence electrons. The topological polar surface area (TPSA) is 17.0 Å². The number of fused-ring (bicyclic) bond motifs is 1. The van der Waals surface area contributed by atoms with Crippen molar-refractivity contribution in [2.75, 3.05) is 0 Å². The summed E-state index contributed by atoms with van der Waals surface area (Å²) in [5.41, 5.74) is 4.91. The zero-order valence-electron chi connectivity index (χ0n) is 15.0. The molecule has 5 heteroatoms. The lowest BCUT2D eigenvalue weighted by Gasteiger charge is -2.11. The highest BCUT2D eigenvalue weighted by Gasteiger charge is 2.14. The first kappa shape index (κ1) is 18.6. The van der Waals surface area contributed by atoms with Gasteiger partial charge in [-0.3, -0.25) is 0 Å². The summed E-state index contributed by atoms with van der Waals surface area (Å²) in [6, 6.07) is 18.5. The van der Waals surface area contributed by atoms with Crippen molar-refractivity contribution in [3.05, 3.63) is 91.7 Å². The number of thiophene rings is 1. The molecule has 4 rings (SSSR count). The quantitative estimate of drug-likeness (QED) is 0.373. The SMILES string of the molecule is Cc1c(CNCc2cccs2)c2ccccc2n1Cc1ccc(Cl)cc1Cl. The highest BCUT2D eigenvalue weighted by Crippen LogP contribution is 2.29. The summed E-state index contributed by atoms with van der Waals surface area (Å²) in [5, 5.41) is 8.36. The molecule has 0 aliphatic heterocycles. The van der Waals surface area contributed by atoms with Crippen LogP contribution in [0.4, 0.5) is 0 Å². The molecule has 27 heavy (non-hydrogen) atoms. The lowest BCUT2D eigenvalue weighted by Crippen LogP contribution is -2.13. The Morgan fingerprint density at radius 3 is 2.63 bits per heavy atom. The molecule has 2 aromatic carbocycles. The summed E-state index contributed by atoms with van der Waals surface area (Å²) >= 11 is 14.3. The van der Waals surface area contributed by atoms with Gasteiger partial charge in [-0.2, -0.15) is 0 Å². The van der Waals surface area contributed by atoms with Crippen molar-refractivity contribution in [3.63, 3.8) is 0 Å². The van der Waals surface area contributed by atoms with E-state index < -0.39 is 0 Å². The summed E-state index contributed by atoms with van der Waals surface area (Å²) < 4.78 is 2.34. The van der Waals surface area contributed by atoms with Crippen molar-refractivity contribution in [3.8, 4) is 0 Å². The van der Waals surface area contributed by atoms with Crippen molar-refractivity contribution in [1.82, 2.24) is 9.88 Å². The molecule has 0 amide bonds. The van der Waals surface area contributed by atoms with Gasteiger partial charge in [-0.1, -0.05) is 53.5 Å². The molecule has 0 radical (unpaired) electrons. The first-order valence-corrected chi connectivity index (χ1v) is 10.5. The number of hydrogen-bond acceptors (Lipinski definition) is 2. The maximum atomic E-state index is 6.42. The second kappa shape index (κ2) is 8.07. The molecule has 2 aromatic heterocycles. The smallest absolute Gasteiger partial charge is 0.0493 e. The van der Waals surface area contributed by atoms with Crippen LogP contribution < -0.4 is 5.32 Å². The number of halogens is 2. The monoisotopic (exact) mass is 414 g/mol. The van der Waals surface area contributed by atoms with Gasteiger partial charge in [-0.15, -0.1) is 11.3 Å². The van der Waals surface area contributed by atoms with Crippen LogP contribution in [0.25, 0.3) is 10.9 Å². The van der Waals surface area contributed by atoms with Gasteiger partial charge in [0.1, 0.15) is 0 Å². The van der Waals surface area contributed by atoms with E-state index in [0.717, 1.165) is 25.2 Å². The Balaban J connectivity index is 1.65. The van der Waals surface area contributed by atoms with Crippen LogP contribution in [0.5, 0.6) is 0 Å². The van der Waals surface area contributed by atoms with Gasteiger partial charge in [0.25, 0.3) is 0 Å². The van der Waals surface area contributed by atoms with Gasteiger partial charge in [0, 0.05) is 51.2 Å². The second-order valence-electron chi connectivity index (χ2n) is 6.59. The van der Waals surface area contributed by atoms with E-state index in [2.05, 4.69) is 58.6 Å². The molecule has 0 aliphatic rings. The van der Waals surface area contributed by atoms with E-state index in [4.69, 9.17) is 23.2 Å². The molecule has 2 nitrogen and oxygen atoms in total. The van der Waals surface area contributed by atoms with E-state index in [1.165, 1.54) is 27.0 Å². The lowest BCUT2D eigenvalue weighted by molar-refractivity contribution is 0.692.